The Bertz CT molecular complexity index is 602. The number of hydrogen-bond acceptors (Lipinski definition) is 5. The van der Waals surface area contributed by atoms with Crippen molar-refractivity contribution in [2.75, 3.05) is 27.2 Å². The van der Waals surface area contributed by atoms with Crippen LogP contribution in [0.4, 0.5) is 0 Å². The highest BCUT2D eigenvalue weighted by molar-refractivity contribution is 7.89. The van der Waals surface area contributed by atoms with Gasteiger partial charge in [0, 0.05) is 31.6 Å². The lowest BCUT2D eigenvalue weighted by molar-refractivity contribution is -0.120. The molecule has 0 aliphatic carbocycles. The number of methoxy groups -OCH3 is 1. The predicted octanol–water partition coefficient (Wildman–Crippen LogP) is 0.219. The van der Waals surface area contributed by atoms with Crippen molar-refractivity contribution in [3.05, 3.63) is 23.8 Å². The van der Waals surface area contributed by atoms with E-state index in [0.29, 0.717) is 30.8 Å². The molecule has 1 rings (SSSR count). The van der Waals surface area contributed by atoms with Gasteiger partial charge in [-0.05, 0) is 25.2 Å². The zero-order chi connectivity index (χ0) is 16.6. The van der Waals surface area contributed by atoms with Crippen molar-refractivity contribution in [2.24, 2.45) is 0 Å². The number of ether oxygens (including phenoxy) is 1. The summed E-state index contributed by atoms with van der Waals surface area (Å²) in [5, 5.41) is 5.58. The Hall–Kier alpha value is -1.64. The number of amides is 1. The molecule has 22 heavy (non-hydrogen) atoms. The number of carbonyl (C=O) groups is 1. The number of nitrogens with one attached hydrogen (secondary N) is 3. The Kier molecular flexibility index (Phi) is 7.30. The van der Waals surface area contributed by atoms with Crippen LogP contribution < -0.4 is 20.1 Å². The standard InChI is InChI=1S/C14H23N3O4S/c1-4-14(18)16-10-11-9-12(5-6-13(11)21-3)22(19,20)17-8-7-15-2/h5-6,9,15,17H,4,7-8,10H2,1-3H3,(H,16,18). The van der Waals surface area contributed by atoms with Crippen molar-refractivity contribution < 1.29 is 17.9 Å². The summed E-state index contributed by atoms with van der Waals surface area (Å²) in [6.07, 6.45) is 0.367. The number of sulfonamides is 1. The fraction of sp³-hybridized carbons (Fsp3) is 0.500. The maximum Gasteiger partial charge on any atom is 0.240 e. The first-order chi connectivity index (χ1) is 10.4. The van der Waals surface area contributed by atoms with Gasteiger partial charge in [0.25, 0.3) is 0 Å². The number of likely N-dealkylation sites (N-methyl/N-ethyl adjacent to an activating group) is 1. The van der Waals surface area contributed by atoms with Crippen LogP contribution in [0.2, 0.25) is 0 Å². The summed E-state index contributed by atoms with van der Waals surface area (Å²) < 4.78 is 32.1. The third-order valence-electron chi connectivity index (χ3n) is 3.03. The summed E-state index contributed by atoms with van der Waals surface area (Å²) in [5.74, 6) is 0.424. The molecule has 124 valence electrons. The van der Waals surface area contributed by atoms with Crippen molar-refractivity contribution in [1.82, 2.24) is 15.4 Å². The van der Waals surface area contributed by atoms with E-state index in [4.69, 9.17) is 4.74 Å². The lowest BCUT2D eigenvalue weighted by Crippen LogP contribution is -2.30. The lowest BCUT2D eigenvalue weighted by Gasteiger charge is -2.12. The summed E-state index contributed by atoms with van der Waals surface area (Å²) in [6.45, 7) is 2.80. The summed E-state index contributed by atoms with van der Waals surface area (Å²) >= 11 is 0. The van der Waals surface area contributed by atoms with Gasteiger partial charge in [0.2, 0.25) is 15.9 Å². The highest BCUT2D eigenvalue weighted by Crippen LogP contribution is 2.22. The van der Waals surface area contributed by atoms with Gasteiger partial charge in [-0.15, -0.1) is 0 Å². The summed E-state index contributed by atoms with van der Waals surface area (Å²) in [7, 11) is -0.336. The normalized spacial score (nSPS) is 11.2. The minimum Gasteiger partial charge on any atom is -0.496 e. The summed E-state index contributed by atoms with van der Waals surface area (Å²) in [6, 6.07) is 4.57. The van der Waals surface area contributed by atoms with E-state index < -0.39 is 10.0 Å². The minimum absolute atomic E-state index is 0.109. The monoisotopic (exact) mass is 329 g/mol. The lowest BCUT2D eigenvalue weighted by atomic mass is 10.2. The largest absolute Gasteiger partial charge is 0.496 e. The number of rotatable bonds is 9. The fourth-order valence-electron chi connectivity index (χ4n) is 1.77. The molecule has 7 nitrogen and oxygen atoms in total. The number of hydrogen-bond donors (Lipinski definition) is 3. The van der Waals surface area contributed by atoms with Crippen LogP contribution in [-0.4, -0.2) is 41.6 Å². The Morgan fingerprint density at radius 2 is 2.00 bits per heavy atom. The number of benzene rings is 1. The molecule has 0 aliphatic rings. The zero-order valence-corrected chi connectivity index (χ0v) is 13.9. The van der Waals surface area contributed by atoms with Crippen molar-refractivity contribution in [3.8, 4) is 5.75 Å². The molecule has 0 unspecified atom stereocenters. The third-order valence-corrected chi connectivity index (χ3v) is 4.49. The van der Waals surface area contributed by atoms with Crippen LogP contribution >= 0.6 is 0 Å². The van der Waals surface area contributed by atoms with Crippen LogP contribution in [0.1, 0.15) is 18.9 Å². The van der Waals surface area contributed by atoms with Crippen LogP contribution in [0.3, 0.4) is 0 Å². The van der Waals surface area contributed by atoms with E-state index in [1.54, 1.807) is 20.0 Å². The van der Waals surface area contributed by atoms with Gasteiger partial charge < -0.3 is 15.4 Å². The first-order valence-electron chi connectivity index (χ1n) is 7.02. The van der Waals surface area contributed by atoms with Crippen LogP contribution in [0.5, 0.6) is 5.75 Å². The molecule has 0 atom stereocenters. The molecule has 0 bridgehead atoms. The molecule has 0 spiro atoms. The second-order valence-corrected chi connectivity index (χ2v) is 6.37. The second-order valence-electron chi connectivity index (χ2n) is 4.61. The average molecular weight is 329 g/mol. The van der Waals surface area contributed by atoms with Crippen molar-refractivity contribution in [1.29, 1.82) is 0 Å². The molecular formula is C14H23N3O4S. The first kappa shape index (κ1) is 18.4. The van der Waals surface area contributed by atoms with Crippen LogP contribution in [0, 0.1) is 0 Å². The van der Waals surface area contributed by atoms with Gasteiger partial charge in [-0.1, -0.05) is 6.92 Å². The molecule has 0 saturated carbocycles. The van der Waals surface area contributed by atoms with E-state index in [1.165, 1.54) is 19.2 Å². The van der Waals surface area contributed by atoms with Crippen LogP contribution in [0.25, 0.3) is 0 Å². The molecule has 3 N–H and O–H groups in total. The molecular weight excluding hydrogens is 306 g/mol. The first-order valence-corrected chi connectivity index (χ1v) is 8.50. The summed E-state index contributed by atoms with van der Waals surface area (Å²) in [5.41, 5.74) is 0.612. The molecule has 0 aliphatic heterocycles. The third kappa shape index (κ3) is 5.28. The molecule has 0 heterocycles. The van der Waals surface area contributed by atoms with E-state index in [2.05, 4.69) is 15.4 Å². The predicted molar refractivity (Wildman–Crippen MR) is 84.2 cm³/mol. The van der Waals surface area contributed by atoms with Crippen LogP contribution in [0.15, 0.2) is 23.1 Å². The average Bonchev–Trinajstić information content (AvgIpc) is 2.52. The smallest absolute Gasteiger partial charge is 0.240 e. The van der Waals surface area contributed by atoms with Crippen LogP contribution in [-0.2, 0) is 21.4 Å². The fourth-order valence-corrected chi connectivity index (χ4v) is 2.85. The van der Waals surface area contributed by atoms with Gasteiger partial charge >= 0.3 is 0 Å². The topological polar surface area (TPSA) is 96.5 Å². The number of carbonyl (C=O) groups excluding carboxylic acids is 1. The Balaban J connectivity index is 2.95. The van der Waals surface area contributed by atoms with Gasteiger partial charge in [0.1, 0.15) is 5.75 Å². The maximum atomic E-state index is 12.2. The van der Waals surface area contributed by atoms with Gasteiger partial charge in [0.15, 0.2) is 0 Å². The molecule has 0 aromatic heterocycles. The molecule has 0 radical (unpaired) electrons. The zero-order valence-electron chi connectivity index (χ0n) is 13.1. The van der Waals surface area contributed by atoms with Crippen molar-refractivity contribution in [3.63, 3.8) is 0 Å². The molecule has 0 saturated heterocycles. The Labute approximate surface area is 131 Å². The Morgan fingerprint density at radius 1 is 1.27 bits per heavy atom. The Morgan fingerprint density at radius 3 is 2.59 bits per heavy atom. The van der Waals surface area contributed by atoms with Gasteiger partial charge in [0.05, 0.1) is 12.0 Å². The minimum atomic E-state index is -3.58. The molecule has 8 heteroatoms. The molecule has 0 fully saturated rings. The SMILES string of the molecule is CCC(=O)NCc1cc(S(=O)(=O)NCCNC)ccc1OC. The highest BCUT2D eigenvalue weighted by Gasteiger charge is 2.16. The van der Waals surface area contributed by atoms with E-state index >= 15 is 0 Å². The van der Waals surface area contributed by atoms with E-state index in [-0.39, 0.29) is 17.3 Å². The quantitative estimate of drug-likeness (QED) is 0.563. The second kappa shape index (κ2) is 8.72. The highest BCUT2D eigenvalue weighted by atomic mass is 32.2. The van der Waals surface area contributed by atoms with E-state index in [9.17, 15) is 13.2 Å². The molecule has 1 aromatic carbocycles. The summed E-state index contributed by atoms with van der Waals surface area (Å²) in [4.78, 5) is 11.5. The molecule has 1 amide bonds. The van der Waals surface area contributed by atoms with Gasteiger partial charge in [-0.2, -0.15) is 0 Å². The van der Waals surface area contributed by atoms with Crippen molar-refractivity contribution in [2.45, 2.75) is 24.8 Å². The van der Waals surface area contributed by atoms with Gasteiger partial charge in [-0.3, -0.25) is 4.79 Å². The molecule has 1 aromatic rings. The maximum absolute atomic E-state index is 12.2. The van der Waals surface area contributed by atoms with E-state index in [1.807, 2.05) is 0 Å². The van der Waals surface area contributed by atoms with E-state index in [0.717, 1.165) is 0 Å². The van der Waals surface area contributed by atoms with Crippen molar-refractivity contribution >= 4 is 15.9 Å². The van der Waals surface area contributed by atoms with Gasteiger partial charge in [-0.25, -0.2) is 13.1 Å².